The topological polar surface area (TPSA) is 12.0 Å². The Balaban J connectivity index is 2.07. The zero-order valence-corrected chi connectivity index (χ0v) is 12.2. The molecular formula is C15H22FNS. The van der Waals surface area contributed by atoms with Gasteiger partial charge in [0, 0.05) is 23.4 Å². The van der Waals surface area contributed by atoms with Crippen molar-refractivity contribution in [1.82, 2.24) is 5.32 Å². The molecule has 0 radical (unpaired) electrons. The number of halogens is 1. The van der Waals surface area contributed by atoms with Gasteiger partial charge >= 0.3 is 0 Å². The van der Waals surface area contributed by atoms with Gasteiger partial charge in [0.1, 0.15) is 5.82 Å². The van der Waals surface area contributed by atoms with Gasteiger partial charge in [-0.1, -0.05) is 32.0 Å². The fourth-order valence-electron chi connectivity index (χ4n) is 2.43. The van der Waals surface area contributed by atoms with E-state index in [0.717, 1.165) is 11.3 Å². The van der Waals surface area contributed by atoms with E-state index in [1.807, 2.05) is 30.8 Å². The van der Waals surface area contributed by atoms with Gasteiger partial charge < -0.3 is 5.32 Å². The molecule has 2 unspecified atom stereocenters. The van der Waals surface area contributed by atoms with Crippen molar-refractivity contribution in [1.29, 1.82) is 0 Å². The van der Waals surface area contributed by atoms with Gasteiger partial charge in [-0.3, -0.25) is 0 Å². The van der Waals surface area contributed by atoms with Gasteiger partial charge in [-0.2, -0.15) is 11.8 Å². The van der Waals surface area contributed by atoms with Crippen LogP contribution in [0.5, 0.6) is 0 Å². The summed E-state index contributed by atoms with van der Waals surface area (Å²) in [5.41, 5.74) is 1.06. The predicted octanol–water partition coefficient (Wildman–Crippen LogP) is 4.01. The minimum atomic E-state index is -0.112. The molecule has 0 spiro atoms. The molecule has 1 heterocycles. The number of hydrogen-bond donors (Lipinski definition) is 1. The summed E-state index contributed by atoms with van der Waals surface area (Å²) in [4.78, 5) is 0. The molecule has 1 aromatic rings. The summed E-state index contributed by atoms with van der Waals surface area (Å²) >= 11 is 1.99. The highest BCUT2D eigenvalue weighted by Crippen LogP contribution is 2.35. The summed E-state index contributed by atoms with van der Waals surface area (Å²) < 4.78 is 13.7. The molecule has 2 rings (SSSR count). The molecule has 100 valence electrons. The Morgan fingerprint density at radius 2 is 2.11 bits per heavy atom. The number of nitrogens with one attached hydrogen (secondary N) is 1. The highest BCUT2D eigenvalue weighted by Gasteiger charge is 2.33. The monoisotopic (exact) mass is 267 g/mol. The summed E-state index contributed by atoms with van der Waals surface area (Å²) in [6.45, 7) is 6.66. The quantitative estimate of drug-likeness (QED) is 0.888. The summed E-state index contributed by atoms with van der Waals surface area (Å²) in [7, 11) is 0. The Hall–Kier alpha value is -0.540. The maximum atomic E-state index is 13.7. The molecule has 0 amide bonds. The van der Waals surface area contributed by atoms with Crippen molar-refractivity contribution in [2.45, 2.75) is 39.3 Å². The first-order chi connectivity index (χ1) is 8.50. The molecule has 1 nitrogen and oxygen atoms in total. The van der Waals surface area contributed by atoms with Crippen LogP contribution in [0.25, 0.3) is 0 Å². The van der Waals surface area contributed by atoms with Crippen molar-refractivity contribution >= 4 is 11.8 Å². The Kier molecular flexibility index (Phi) is 4.33. The second-order valence-corrected chi connectivity index (χ2v) is 6.93. The average molecular weight is 267 g/mol. The normalized spacial score (nSPS) is 24.8. The molecule has 0 bridgehead atoms. The lowest BCUT2D eigenvalue weighted by atomic mass is 9.81. The fraction of sp³-hybridized carbons (Fsp3) is 0.600. The van der Waals surface area contributed by atoms with Crippen molar-refractivity contribution < 1.29 is 4.39 Å². The third kappa shape index (κ3) is 3.07. The van der Waals surface area contributed by atoms with E-state index in [2.05, 4.69) is 19.2 Å². The third-order valence-corrected chi connectivity index (χ3v) is 5.00. The molecule has 1 aliphatic heterocycles. The smallest absolute Gasteiger partial charge is 0.127 e. The molecule has 1 saturated heterocycles. The lowest BCUT2D eigenvalue weighted by molar-refractivity contribution is 0.231. The summed E-state index contributed by atoms with van der Waals surface area (Å²) in [5, 5.41) is 3.61. The molecule has 2 atom stereocenters. The third-order valence-electron chi connectivity index (χ3n) is 3.94. The molecule has 0 saturated carbocycles. The van der Waals surface area contributed by atoms with Gasteiger partial charge in [0.2, 0.25) is 0 Å². The van der Waals surface area contributed by atoms with E-state index in [1.165, 1.54) is 18.2 Å². The zero-order valence-electron chi connectivity index (χ0n) is 11.4. The van der Waals surface area contributed by atoms with Crippen LogP contribution in [0.3, 0.4) is 0 Å². The lowest BCUT2D eigenvalue weighted by Crippen LogP contribution is -2.47. The number of rotatable bonds is 3. The first-order valence-electron chi connectivity index (χ1n) is 6.59. The Labute approximate surface area is 114 Å². The van der Waals surface area contributed by atoms with E-state index in [-0.39, 0.29) is 11.9 Å². The van der Waals surface area contributed by atoms with Crippen LogP contribution in [0, 0.1) is 11.2 Å². The second kappa shape index (κ2) is 5.62. The molecule has 1 fully saturated rings. The SMILES string of the molecule is CC(NC1CSCCC1(C)C)c1ccccc1F. The standard InChI is InChI=1S/C15H22FNS/c1-11(12-6-4-5-7-13(12)16)17-14-10-18-9-8-15(14,2)3/h4-7,11,14,17H,8-10H2,1-3H3. The van der Waals surface area contributed by atoms with Crippen molar-refractivity contribution in [2.24, 2.45) is 5.41 Å². The zero-order chi connectivity index (χ0) is 13.2. The van der Waals surface area contributed by atoms with Crippen molar-refractivity contribution in [3.63, 3.8) is 0 Å². The summed E-state index contributed by atoms with van der Waals surface area (Å²) in [5.74, 6) is 2.24. The van der Waals surface area contributed by atoms with Gasteiger partial charge in [-0.25, -0.2) is 4.39 Å². The van der Waals surface area contributed by atoms with Crippen LogP contribution in [-0.2, 0) is 0 Å². The van der Waals surface area contributed by atoms with Crippen LogP contribution in [0.4, 0.5) is 4.39 Å². The van der Waals surface area contributed by atoms with Gasteiger partial charge in [0.05, 0.1) is 0 Å². The largest absolute Gasteiger partial charge is 0.306 e. The molecular weight excluding hydrogens is 245 g/mol. The van der Waals surface area contributed by atoms with Gasteiger partial charge in [0.25, 0.3) is 0 Å². The van der Waals surface area contributed by atoms with Crippen LogP contribution < -0.4 is 5.32 Å². The molecule has 18 heavy (non-hydrogen) atoms. The Bertz CT molecular complexity index is 405. The highest BCUT2D eigenvalue weighted by molar-refractivity contribution is 7.99. The molecule has 1 aliphatic rings. The second-order valence-electron chi connectivity index (χ2n) is 5.78. The maximum Gasteiger partial charge on any atom is 0.127 e. The number of hydrogen-bond acceptors (Lipinski definition) is 2. The van der Waals surface area contributed by atoms with E-state index >= 15 is 0 Å². The molecule has 3 heteroatoms. The fourth-order valence-corrected chi connectivity index (χ4v) is 4.05. The highest BCUT2D eigenvalue weighted by atomic mass is 32.2. The van der Waals surface area contributed by atoms with E-state index < -0.39 is 0 Å². The van der Waals surface area contributed by atoms with Crippen LogP contribution in [0.1, 0.15) is 38.8 Å². The Morgan fingerprint density at radius 1 is 1.39 bits per heavy atom. The van der Waals surface area contributed by atoms with Crippen molar-refractivity contribution in [2.75, 3.05) is 11.5 Å². The molecule has 0 aromatic heterocycles. The molecule has 1 aromatic carbocycles. The summed E-state index contributed by atoms with van der Waals surface area (Å²) in [6, 6.07) is 7.56. The summed E-state index contributed by atoms with van der Waals surface area (Å²) in [6.07, 6.45) is 1.22. The van der Waals surface area contributed by atoms with E-state index in [4.69, 9.17) is 0 Å². The lowest BCUT2D eigenvalue weighted by Gasteiger charge is -2.40. The van der Waals surface area contributed by atoms with Crippen LogP contribution >= 0.6 is 11.8 Å². The van der Waals surface area contributed by atoms with E-state index in [0.29, 0.717) is 11.5 Å². The minimum absolute atomic E-state index is 0.0641. The average Bonchev–Trinajstić information content (AvgIpc) is 2.32. The predicted molar refractivity (Wildman–Crippen MR) is 77.5 cm³/mol. The van der Waals surface area contributed by atoms with Gasteiger partial charge in [0.15, 0.2) is 0 Å². The molecule has 0 aliphatic carbocycles. The minimum Gasteiger partial charge on any atom is -0.306 e. The van der Waals surface area contributed by atoms with E-state index in [1.54, 1.807) is 6.07 Å². The van der Waals surface area contributed by atoms with Crippen LogP contribution in [-0.4, -0.2) is 17.5 Å². The number of thioether (sulfide) groups is 1. The van der Waals surface area contributed by atoms with Crippen LogP contribution in [0.15, 0.2) is 24.3 Å². The van der Waals surface area contributed by atoms with Gasteiger partial charge in [-0.15, -0.1) is 0 Å². The maximum absolute atomic E-state index is 13.7. The van der Waals surface area contributed by atoms with E-state index in [9.17, 15) is 4.39 Å². The first kappa shape index (κ1) is 13.9. The number of benzene rings is 1. The van der Waals surface area contributed by atoms with Crippen molar-refractivity contribution in [3.05, 3.63) is 35.6 Å². The van der Waals surface area contributed by atoms with Crippen LogP contribution in [0.2, 0.25) is 0 Å². The first-order valence-corrected chi connectivity index (χ1v) is 7.74. The Morgan fingerprint density at radius 3 is 2.78 bits per heavy atom. The van der Waals surface area contributed by atoms with Gasteiger partial charge in [-0.05, 0) is 30.6 Å². The molecule has 1 N–H and O–H groups in total. The van der Waals surface area contributed by atoms with Crippen molar-refractivity contribution in [3.8, 4) is 0 Å².